The lowest BCUT2D eigenvalue weighted by Gasteiger charge is -2.25. The maximum absolute atomic E-state index is 12.1. The number of carbonyl (C=O) groups excluding carboxylic acids is 2. The van der Waals surface area contributed by atoms with Gasteiger partial charge in [-0.05, 0) is 29.8 Å². The van der Waals surface area contributed by atoms with Crippen LogP contribution in [-0.4, -0.2) is 24.5 Å². The molecular formula is C17H15BrN2O4. The van der Waals surface area contributed by atoms with E-state index in [0.717, 1.165) is 10.0 Å². The summed E-state index contributed by atoms with van der Waals surface area (Å²) in [5.41, 5.74) is 5.59. The summed E-state index contributed by atoms with van der Waals surface area (Å²) in [5, 5.41) is 0. The number of ether oxygens (including phenoxy) is 2. The number of hydrogen-bond acceptors (Lipinski definition) is 4. The van der Waals surface area contributed by atoms with Gasteiger partial charge in [-0.25, -0.2) is 0 Å². The van der Waals surface area contributed by atoms with Crippen molar-refractivity contribution in [2.24, 2.45) is 0 Å². The molecule has 0 radical (unpaired) electrons. The van der Waals surface area contributed by atoms with Crippen molar-refractivity contribution < 1.29 is 19.1 Å². The molecule has 7 heteroatoms. The van der Waals surface area contributed by atoms with Crippen LogP contribution in [0.4, 0.5) is 0 Å². The second-order valence-electron chi connectivity index (χ2n) is 5.20. The summed E-state index contributed by atoms with van der Waals surface area (Å²) in [6.07, 6.45) is -0.647. The minimum atomic E-state index is -0.812. The SMILES string of the molecule is O=C(Cc1ccc(Br)cc1)NNC(=O)C1COc2ccccc2O1. The predicted molar refractivity (Wildman–Crippen MR) is 90.5 cm³/mol. The number of fused-ring (bicyclic) bond motifs is 1. The molecule has 2 aromatic rings. The number of carbonyl (C=O) groups is 2. The zero-order valence-corrected chi connectivity index (χ0v) is 14.2. The predicted octanol–water partition coefficient (Wildman–Crippen LogP) is 1.98. The summed E-state index contributed by atoms with van der Waals surface area (Å²) in [5.74, 6) is 0.322. The zero-order chi connectivity index (χ0) is 16.9. The third-order valence-corrected chi connectivity index (χ3v) is 3.93. The Morgan fingerprint density at radius 1 is 1.04 bits per heavy atom. The van der Waals surface area contributed by atoms with Crippen molar-refractivity contribution >= 4 is 27.7 Å². The highest BCUT2D eigenvalue weighted by atomic mass is 79.9. The summed E-state index contributed by atoms with van der Waals surface area (Å²) in [6.45, 7) is 0.0887. The fourth-order valence-corrected chi connectivity index (χ4v) is 2.46. The maximum atomic E-state index is 12.1. The van der Waals surface area contributed by atoms with Crippen LogP contribution in [0.15, 0.2) is 53.0 Å². The Hall–Kier alpha value is -2.54. The highest BCUT2D eigenvalue weighted by Gasteiger charge is 2.27. The van der Waals surface area contributed by atoms with Gasteiger partial charge in [-0.3, -0.25) is 20.4 Å². The van der Waals surface area contributed by atoms with Crippen molar-refractivity contribution in [2.75, 3.05) is 6.61 Å². The van der Waals surface area contributed by atoms with Crippen molar-refractivity contribution in [2.45, 2.75) is 12.5 Å². The van der Waals surface area contributed by atoms with E-state index in [2.05, 4.69) is 26.8 Å². The number of hydrogen-bond donors (Lipinski definition) is 2. The summed E-state index contributed by atoms with van der Waals surface area (Å²) in [4.78, 5) is 23.9. The molecule has 0 spiro atoms. The summed E-state index contributed by atoms with van der Waals surface area (Å²) < 4.78 is 12.0. The van der Waals surface area contributed by atoms with Gasteiger partial charge in [-0.2, -0.15) is 0 Å². The molecule has 1 aliphatic heterocycles. The van der Waals surface area contributed by atoms with Gasteiger partial charge in [-0.15, -0.1) is 0 Å². The van der Waals surface area contributed by atoms with Crippen molar-refractivity contribution in [3.05, 3.63) is 58.6 Å². The molecule has 0 aliphatic carbocycles. The largest absolute Gasteiger partial charge is 0.485 e. The molecule has 0 bridgehead atoms. The summed E-state index contributed by atoms with van der Waals surface area (Å²) >= 11 is 3.33. The first-order valence-electron chi connectivity index (χ1n) is 7.33. The maximum Gasteiger partial charge on any atom is 0.283 e. The van der Waals surface area contributed by atoms with Crippen LogP contribution in [0.1, 0.15) is 5.56 Å². The van der Waals surface area contributed by atoms with Crippen molar-refractivity contribution in [1.82, 2.24) is 10.9 Å². The number of halogens is 1. The first-order valence-corrected chi connectivity index (χ1v) is 8.13. The molecule has 24 heavy (non-hydrogen) atoms. The molecule has 1 unspecified atom stereocenters. The van der Waals surface area contributed by atoms with Crippen molar-refractivity contribution in [1.29, 1.82) is 0 Å². The molecular weight excluding hydrogens is 376 g/mol. The molecule has 1 heterocycles. The Balaban J connectivity index is 1.49. The van der Waals surface area contributed by atoms with E-state index in [1.807, 2.05) is 30.3 Å². The Morgan fingerprint density at radius 3 is 2.50 bits per heavy atom. The molecule has 2 amide bonds. The first-order chi connectivity index (χ1) is 11.6. The van der Waals surface area contributed by atoms with Gasteiger partial charge >= 0.3 is 0 Å². The van der Waals surface area contributed by atoms with Crippen LogP contribution >= 0.6 is 15.9 Å². The lowest BCUT2D eigenvalue weighted by Crippen LogP contribution is -2.51. The van der Waals surface area contributed by atoms with E-state index < -0.39 is 12.0 Å². The minimum absolute atomic E-state index is 0.0887. The van der Waals surface area contributed by atoms with Crippen LogP contribution in [0.5, 0.6) is 11.5 Å². The minimum Gasteiger partial charge on any atom is -0.485 e. The normalized spacial score (nSPS) is 15.5. The molecule has 0 saturated heterocycles. The number of amides is 2. The van der Waals surface area contributed by atoms with E-state index in [-0.39, 0.29) is 18.9 Å². The Morgan fingerprint density at radius 2 is 1.75 bits per heavy atom. The van der Waals surface area contributed by atoms with E-state index in [1.54, 1.807) is 18.2 Å². The highest BCUT2D eigenvalue weighted by Crippen LogP contribution is 2.30. The van der Waals surface area contributed by atoms with Gasteiger partial charge in [0.2, 0.25) is 12.0 Å². The van der Waals surface area contributed by atoms with Gasteiger partial charge in [0.05, 0.1) is 6.42 Å². The van der Waals surface area contributed by atoms with Crippen LogP contribution in [0.25, 0.3) is 0 Å². The number of nitrogens with one attached hydrogen (secondary N) is 2. The van der Waals surface area contributed by atoms with E-state index in [0.29, 0.717) is 11.5 Å². The smallest absolute Gasteiger partial charge is 0.283 e. The van der Waals surface area contributed by atoms with Gasteiger partial charge in [0.1, 0.15) is 6.61 Å². The van der Waals surface area contributed by atoms with Crippen LogP contribution in [-0.2, 0) is 16.0 Å². The first kappa shape index (κ1) is 16.3. The average Bonchev–Trinajstić information content (AvgIpc) is 2.61. The number of hydrazine groups is 1. The Bertz CT molecular complexity index is 749. The number of benzene rings is 2. The van der Waals surface area contributed by atoms with Crippen LogP contribution < -0.4 is 20.3 Å². The lowest BCUT2D eigenvalue weighted by molar-refractivity contribution is -0.134. The second kappa shape index (κ2) is 7.35. The zero-order valence-electron chi connectivity index (χ0n) is 12.6. The summed E-state index contributed by atoms with van der Waals surface area (Å²) in [6, 6.07) is 14.5. The third-order valence-electron chi connectivity index (χ3n) is 3.40. The monoisotopic (exact) mass is 390 g/mol. The van der Waals surface area contributed by atoms with Crippen molar-refractivity contribution in [3.63, 3.8) is 0 Å². The summed E-state index contributed by atoms with van der Waals surface area (Å²) in [7, 11) is 0. The fraction of sp³-hybridized carbons (Fsp3) is 0.176. The molecule has 0 aromatic heterocycles. The number of rotatable bonds is 3. The molecule has 2 N–H and O–H groups in total. The van der Waals surface area contributed by atoms with Crippen LogP contribution in [0.2, 0.25) is 0 Å². The topological polar surface area (TPSA) is 76.7 Å². The van der Waals surface area contributed by atoms with Crippen molar-refractivity contribution in [3.8, 4) is 11.5 Å². The Labute approximate surface area is 147 Å². The average molecular weight is 391 g/mol. The standard InChI is InChI=1S/C17H15BrN2O4/c18-12-7-5-11(6-8-12)9-16(21)19-20-17(22)15-10-23-13-3-1-2-4-14(13)24-15/h1-8,15H,9-10H2,(H,19,21)(H,20,22). The second-order valence-corrected chi connectivity index (χ2v) is 6.12. The third kappa shape index (κ3) is 4.05. The highest BCUT2D eigenvalue weighted by molar-refractivity contribution is 9.10. The van der Waals surface area contributed by atoms with Gasteiger partial charge in [-0.1, -0.05) is 40.2 Å². The van der Waals surface area contributed by atoms with E-state index >= 15 is 0 Å². The van der Waals surface area contributed by atoms with Crippen LogP contribution in [0, 0.1) is 0 Å². The molecule has 6 nitrogen and oxygen atoms in total. The molecule has 1 atom stereocenters. The van der Waals surface area contributed by atoms with Crippen LogP contribution in [0.3, 0.4) is 0 Å². The van der Waals surface area contributed by atoms with Gasteiger partial charge in [0.15, 0.2) is 11.5 Å². The number of para-hydroxylation sites is 2. The molecule has 1 aliphatic rings. The van der Waals surface area contributed by atoms with E-state index in [4.69, 9.17) is 9.47 Å². The molecule has 0 fully saturated rings. The molecule has 0 saturated carbocycles. The van der Waals surface area contributed by atoms with Gasteiger partial charge in [0, 0.05) is 4.47 Å². The molecule has 124 valence electrons. The lowest BCUT2D eigenvalue weighted by atomic mass is 10.1. The van der Waals surface area contributed by atoms with E-state index in [1.165, 1.54) is 0 Å². The van der Waals surface area contributed by atoms with Gasteiger partial charge in [0.25, 0.3) is 5.91 Å². The molecule has 3 rings (SSSR count). The molecule has 2 aromatic carbocycles. The quantitative estimate of drug-likeness (QED) is 0.785. The van der Waals surface area contributed by atoms with Gasteiger partial charge < -0.3 is 9.47 Å². The Kier molecular flexibility index (Phi) is 5.00. The fourth-order valence-electron chi connectivity index (χ4n) is 2.19. The van der Waals surface area contributed by atoms with E-state index in [9.17, 15) is 9.59 Å².